The summed E-state index contributed by atoms with van der Waals surface area (Å²) < 4.78 is 49.9. The van der Waals surface area contributed by atoms with Crippen molar-refractivity contribution in [2.24, 2.45) is 0 Å². The summed E-state index contributed by atoms with van der Waals surface area (Å²) in [6.07, 6.45) is 0. The molecule has 0 saturated carbocycles. The standard InChI is InChI=1S/C20H22N2O6S/c1-12-13(2)21-28-20(12)14-6-9-17(26-4)19(10-14)29(23,24)22-16-8-7-15(25-3)11-18(16)27-5/h6-11,22H,1-5H3. The quantitative estimate of drug-likeness (QED) is 0.623. The third-order valence-electron chi connectivity index (χ3n) is 4.53. The summed E-state index contributed by atoms with van der Waals surface area (Å²) in [6, 6.07) is 9.58. The lowest BCUT2D eigenvalue weighted by Gasteiger charge is -2.15. The van der Waals surface area contributed by atoms with E-state index in [0.717, 1.165) is 11.3 Å². The van der Waals surface area contributed by atoms with Gasteiger partial charge in [-0.05, 0) is 44.2 Å². The highest BCUT2D eigenvalue weighted by Crippen LogP contribution is 2.35. The second-order valence-electron chi connectivity index (χ2n) is 6.26. The number of nitrogens with zero attached hydrogens (tertiary/aromatic N) is 1. The molecule has 0 unspecified atom stereocenters. The Hall–Kier alpha value is -3.20. The molecule has 154 valence electrons. The van der Waals surface area contributed by atoms with E-state index in [-0.39, 0.29) is 16.3 Å². The zero-order valence-corrected chi connectivity index (χ0v) is 17.6. The lowest BCUT2D eigenvalue weighted by Crippen LogP contribution is -2.15. The lowest BCUT2D eigenvalue weighted by molar-refractivity contribution is 0.395. The van der Waals surface area contributed by atoms with Crippen LogP contribution in [0.15, 0.2) is 45.8 Å². The summed E-state index contributed by atoms with van der Waals surface area (Å²) in [6.45, 7) is 3.68. The van der Waals surface area contributed by atoms with E-state index in [0.29, 0.717) is 22.8 Å². The van der Waals surface area contributed by atoms with E-state index in [4.69, 9.17) is 18.7 Å². The summed E-state index contributed by atoms with van der Waals surface area (Å²) in [5.74, 6) is 1.57. The normalized spacial score (nSPS) is 11.2. The van der Waals surface area contributed by atoms with Crippen molar-refractivity contribution in [3.8, 4) is 28.6 Å². The Kier molecular flexibility index (Phi) is 5.69. The molecule has 29 heavy (non-hydrogen) atoms. The fourth-order valence-electron chi connectivity index (χ4n) is 2.80. The molecule has 0 aliphatic heterocycles. The topological polar surface area (TPSA) is 99.9 Å². The zero-order chi connectivity index (χ0) is 21.2. The van der Waals surface area contributed by atoms with Crippen molar-refractivity contribution in [3.63, 3.8) is 0 Å². The predicted octanol–water partition coefficient (Wildman–Crippen LogP) is 3.79. The van der Waals surface area contributed by atoms with E-state index in [1.807, 2.05) is 13.8 Å². The molecule has 0 aliphatic carbocycles. The number of methoxy groups -OCH3 is 3. The van der Waals surface area contributed by atoms with Crippen LogP contribution in [-0.4, -0.2) is 34.9 Å². The fourth-order valence-corrected chi connectivity index (χ4v) is 4.06. The maximum absolute atomic E-state index is 13.2. The van der Waals surface area contributed by atoms with Crippen molar-refractivity contribution >= 4 is 15.7 Å². The molecule has 9 heteroatoms. The molecule has 1 aromatic heterocycles. The minimum atomic E-state index is -4.00. The van der Waals surface area contributed by atoms with Crippen LogP contribution in [0.4, 0.5) is 5.69 Å². The first kappa shape index (κ1) is 20.5. The Labute approximate surface area is 169 Å². The SMILES string of the molecule is COc1ccc(NS(=O)(=O)c2cc(-c3onc(C)c3C)ccc2OC)c(OC)c1. The van der Waals surface area contributed by atoms with E-state index in [1.54, 1.807) is 30.3 Å². The van der Waals surface area contributed by atoms with Gasteiger partial charge in [0.2, 0.25) is 0 Å². The highest BCUT2D eigenvalue weighted by Gasteiger charge is 2.24. The Bertz CT molecular complexity index is 1140. The molecule has 2 aromatic carbocycles. The molecule has 0 spiro atoms. The van der Waals surface area contributed by atoms with Gasteiger partial charge in [0.1, 0.15) is 22.1 Å². The molecule has 0 atom stereocenters. The number of nitrogens with one attached hydrogen (secondary N) is 1. The first-order chi connectivity index (χ1) is 13.8. The second-order valence-corrected chi connectivity index (χ2v) is 7.91. The maximum Gasteiger partial charge on any atom is 0.265 e. The number of anilines is 1. The third kappa shape index (κ3) is 4.00. The van der Waals surface area contributed by atoms with Crippen molar-refractivity contribution in [1.29, 1.82) is 0 Å². The van der Waals surface area contributed by atoms with E-state index in [1.165, 1.54) is 27.4 Å². The van der Waals surface area contributed by atoms with Crippen LogP contribution in [0.25, 0.3) is 11.3 Å². The summed E-state index contributed by atoms with van der Waals surface area (Å²) in [4.78, 5) is -0.0381. The van der Waals surface area contributed by atoms with Crippen molar-refractivity contribution in [2.75, 3.05) is 26.1 Å². The highest BCUT2D eigenvalue weighted by molar-refractivity contribution is 7.92. The van der Waals surface area contributed by atoms with E-state index in [2.05, 4.69) is 9.88 Å². The largest absolute Gasteiger partial charge is 0.497 e. The number of benzene rings is 2. The molecule has 3 rings (SSSR count). The van der Waals surface area contributed by atoms with Crippen LogP contribution in [0.1, 0.15) is 11.3 Å². The molecular formula is C20H22N2O6S. The Morgan fingerprint density at radius 2 is 1.66 bits per heavy atom. The number of ether oxygens (including phenoxy) is 3. The number of rotatable bonds is 7. The molecular weight excluding hydrogens is 396 g/mol. The Balaban J connectivity index is 2.06. The van der Waals surface area contributed by atoms with Gasteiger partial charge < -0.3 is 18.7 Å². The van der Waals surface area contributed by atoms with Gasteiger partial charge in [0.05, 0.1) is 32.7 Å². The molecule has 1 heterocycles. The minimum absolute atomic E-state index is 0.0381. The number of sulfonamides is 1. The van der Waals surface area contributed by atoms with Crippen LogP contribution in [0, 0.1) is 13.8 Å². The number of aryl methyl sites for hydroxylation is 1. The van der Waals surface area contributed by atoms with Gasteiger partial charge >= 0.3 is 0 Å². The molecule has 0 aliphatic rings. The van der Waals surface area contributed by atoms with Gasteiger partial charge in [0, 0.05) is 17.2 Å². The minimum Gasteiger partial charge on any atom is -0.497 e. The molecule has 3 aromatic rings. The summed E-state index contributed by atoms with van der Waals surface area (Å²) in [5.41, 5.74) is 2.42. The first-order valence-corrected chi connectivity index (χ1v) is 10.1. The van der Waals surface area contributed by atoms with Gasteiger partial charge in [-0.1, -0.05) is 5.16 Å². The molecule has 0 radical (unpaired) electrons. The molecule has 1 N–H and O–H groups in total. The van der Waals surface area contributed by atoms with Gasteiger partial charge in [0.15, 0.2) is 5.76 Å². The summed E-state index contributed by atoms with van der Waals surface area (Å²) in [7, 11) is 0.369. The van der Waals surface area contributed by atoms with Gasteiger partial charge in [0.25, 0.3) is 10.0 Å². The number of hydrogen-bond donors (Lipinski definition) is 1. The molecule has 0 bridgehead atoms. The maximum atomic E-state index is 13.2. The fraction of sp³-hybridized carbons (Fsp3) is 0.250. The van der Waals surface area contributed by atoms with Gasteiger partial charge in [-0.2, -0.15) is 0 Å². The molecule has 0 fully saturated rings. The third-order valence-corrected chi connectivity index (χ3v) is 5.91. The summed E-state index contributed by atoms with van der Waals surface area (Å²) in [5, 5.41) is 3.93. The van der Waals surface area contributed by atoms with Crippen LogP contribution in [-0.2, 0) is 10.0 Å². The molecule has 0 amide bonds. The lowest BCUT2D eigenvalue weighted by atomic mass is 10.1. The van der Waals surface area contributed by atoms with Crippen LogP contribution >= 0.6 is 0 Å². The van der Waals surface area contributed by atoms with Crippen LogP contribution in [0.3, 0.4) is 0 Å². The van der Waals surface area contributed by atoms with Crippen LogP contribution < -0.4 is 18.9 Å². The second kappa shape index (κ2) is 8.04. The van der Waals surface area contributed by atoms with E-state index < -0.39 is 10.0 Å². The zero-order valence-electron chi connectivity index (χ0n) is 16.8. The van der Waals surface area contributed by atoms with Crippen LogP contribution in [0.2, 0.25) is 0 Å². The average molecular weight is 418 g/mol. The van der Waals surface area contributed by atoms with Crippen molar-refractivity contribution in [2.45, 2.75) is 18.7 Å². The van der Waals surface area contributed by atoms with Crippen molar-refractivity contribution < 1.29 is 27.2 Å². The van der Waals surface area contributed by atoms with Crippen molar-refractivity contribution in [1.82, 2.24) is 5.16 Å². The van der Waals surface area contributed by atoms with Crippen molar-refractivity contribution in [3.05, 3.63) is 47.7 Å². The first-order valence-electron chi connectivity index (χ1n) is 8.67. The van der Waals surface area contributed by atoms with E-state index >= 15 is 0 Å². The van der Waals surface area contributed by atoms with Gasteiger partial charge in [-0.3, -0.25) is 4.72 Å². The average Bonchev–Trinajstić information content (AvgIpc) is 3.06. The molecule has 8 nitrogen and oxygen atoms in total. The van der Waals surface area contributed by atoms with E-state index in [9.17, 15) is 8.42 Å². The van der Waals surface area contributed by atoms with Gasteiger partial charge in [-0.15, -0.1) is 0 Å². The predicted molar refractivity (Wildman–Crippen MR) is 108 cm³/mol. The smallest absolute Gasteiger partial charge is 0.265 e. The van der Waals surface area contributed by atoms with Gasteiger partial charge in [-0.25, -0.2) is 8.42 Å². The highest BCUT2D eigenvalue weighted by atomic mass is 32.2. The van der Waals surface area contributed by atoms with Crippen LogP contribution in [0.5, 0.6) is 17.2 Å². The summed E-state index contributed by atoms with van der Waals surface area (Å²) >= 11 is 0. The Morgan fingerprint density at radius 3 is 2.24 bits per heavy atom. The number of hydrogen-bond acceptors (Lipinski definition) is 7. The Morgan fingerprint density at radius 1 is 0.931 bits per heavy atom. The molecule has 0 saturated heterocycles. The number of aromatic nitrogens is 1. The monoisotopic (exact) mass is 418 g/mol.